The monoisotopic (exact) mass is 360 g/mol. The molecule has 0 aliphatic heterocycles. The van der Waals surface area contributed by atoms with Crippen LogP contribution in [-0.2, 0) is 22.5 Å². The van der Waals surface area contributed by atoms with E-state index in [0.29, 0.717) is 7.11 Å². The van der Waals surface area contributed by atoms with Crippen LogP contribution in [0.4, 0.5) is 35.1 Å². The van der Waals surface area contributed by atoms with Gasteiger partial charge in [0.15, 0.2) is 17.4 Å². The first-order chi connectivity index (χ1) is 9.64. The summed E-state index contributed by atoms with van der Waals surface area (Å²) in [6.07, 6.45) is -11.7. The fraction of sp³-hybridized carbons (Fsp3) is 0.333. The largest absolute Gasteiger partial charge is 0.493 e. The summed E-state index contributed by atoms with van der Waals surface area (Å²) in [6.45, 7) is 0. The zero-order valence-electron chi connectivity index (χ0n) is 10.1. The van der Waals surface area contributed by atoms with Crippen LogP contribution >= 0.6 is 0 Å². The molecule has 22 heavy (non-hydrogen) atoms. The Morgan fingerprint density at radius 1 is 0.909 bits per heavy atom. The molecule has 0 spiro atoms. The number of hydrogen-bond acceptors (Lipinski definition) is 3. The minimum absolute atomic E-state index is 0.320. The average Bonchev–Trinajstić information content (AvgIpc) is 2.25. The van der Waals surface area contributed by atoms with Gasteiger partial charge in [-0.1, -0.05) is 0 Å². The molecule has 0 aromatic heterocycles. The third-order valence-corrected chi connectivity index (χ3v) is 3.22. The Morgan fingerprint density at radius 2 is 1.32 bits per heavy atom. The lowest BCUT2D eigenvalue weighted by atomic mass is 10.1. The second kappa shape index (κ2) is 5.22. The summed E-state index contributed by atoms with van der Waals surface area (Å²) >= 11 is 0. The van der Waals surface area contributed by atoms with E-state index in [9.17, 15) is 43.5 Å². The van der Waals surface area contributed by atoms with Crippen molar-refractivity contribution < 1.29 is 52.8 Å². The molecule has 0 aliphatic carbocycles. The van der Waals surface area contributed by atoms with E-state index in [1.807, 2.05) is 0 Å². The fourth-order valence-corrected chi connectivity index (χ4v) is 2.38. The second-order valence-corrected chi connectivity index (χ2v) is 5.07. The van der Waals surface area contributed by atoms with Gasteiger partial charge in [-0.3, -0.25) is 4.55 Å². The fourth-order valence-electron chi connectivity index (χ4n) is 1.59. The highest BCUT2D eigenvalue weighted by Gasteiger charge is 2.50. The van der Waals surface area contributed by atoms with Crippen LogP contribution in [0.1, 0.15) is 11.1 Å². The molecule has 4 nitrogen and oxygen atoms in total. The molecule has 0 aliphatic rings. The Balaban J connectivity index is 4.20. The third-order valence-electron chi connectivity index (χ3n) is 2.32. The Hall–Kier alpha value is -1.63. The lowest BCUT2D eigenvalue weighted by Gasteiger charge is -2.20. The van der Waals surface area contributed by atoms with Gasteiger partial charge in [-0.2, -0.15) is 34.8 Å². The van der Waals surface area contributed by atoms with Gasteiger partial charge in [0, 0.05) is 0 Å². The Labute approximate surface area is 117 Å². The Bertz CT molecular complexity index is 704. The zero-order chi connectivity index (χ0) is 17.7. The predicted octanol–water partition coefficient (Wildman–Crippen LogP) is 3.26. The molecule has 1 aromatic carbocycles. The summed E-state index contributed by atoms with van der Waals surface area (Å²) in [4.78, 5) is -2.87. The van der Waals surface area contributed by atoms with E-state index in [1.165, 1.54) is 0 Å². The number of ether oxygens (including phenoxy) is 1. The lowest BCUT2D eigenvalue weighted by molar-refractivity contribution is -0.148. The van der Waals surface area contributed by atoms with Crippen molar-refractivity contribution in [2.75, 3.05) is 7.11 Å². The highest BCUT2D eigenvalue weighted by atomic mass is 32.2. The van der Waals surface area contributed by atoms with Crippen molar-refractivity contribution in [3.63, 3.8) is 0 Å². The molecular weight excluding hydrogens is 356 g/mol. The molecule has 1 N–H and O–H groups in total. The van der Waals surface area contributed by atoms with Gasteiger partial charge < -0.3 is 4.74 Å². The maximum absolute atomic E-state index is 13.7. The summed E-state index contributed by atoms with van der Waals surface area (Å²) in [5.41, 5.74) is -5.66. The van der Waals surface area contributed by atoms with Crippen LogP contribution < -0.4 is 4.74 Å². The van der Waals surface area contributed by atoms with Crippen LogP contribution in [0.15, 0.2) is 4.90 Å². The third kappa shape index (κ3) is 3.09. The summed E-state index contributed by atoms with van der Waals surface area (Å²) in [6, 6.07) is 0. The van der Waals surface area contributed by atoms with Crippen LogP contribution in [0, 0.1) is 11.6 Å². The van der Waals surface area contributed by atoms with Gasteiger partial charge in [0.05, 0.1) is 7.11 Å². The van der Waals surface area contributed by atoms with Crippen molar-refractivity contribution in [3.8, 4) is 5.75 Å². The topological polar surface area (TPSA) is 63.6 Å². The van der Waals surface area contributed by atoms with Crippen LogP contribution in [0.2, 0.25) is 0 Å². The van der Waals surface area contributed by atoms with Gasteiger partial charge in [0.25, 0.3) is 10.1 Å². The van der Waals surface area contributed by atoms with Crippen molar-refractivity contribution in [2.45, 2.75) is 17.2 Å². The van der Waals surface area contributed by atoms with E-state index in [0.717, 1.165) is 0 Å². The maximum Gasteiger partial charge on any atom is 0.422 e. The van der Waals surface area contributed by atoms with E-state index in [4.69, 9.17) is 4.55 Å². The zero-order valence-corrected chi connectivity index (χ0v) is 10.9. The van der Waals surface area contributed by atoms with Crippen LogP contribution in [0.25, 0.3) is 0 Å². The van der Waals surface area contributed by atoms with Gasteiger partial charge in [-0.25, -0.2) is 8.78 Å². The van der Waals surface area contributed by atoms with Crippen LogP contribution in [0.3, 0.4) is 0 Å². The molecule has 0 fully saturated rings. The summed E-state index contributed by atoms with van der Waals surface area (Å²) in [5, 5.41) is 0. The summed E-state index contributed by atoms with van der Waals surface area (Å²) in [7, 11) is -5.85. The highest BCUT2D eigenvalue weighted by Crippen LogP contribution is 2.47. The Kier molecular flexibility index (Phi) is 4.37. The van der Waals surface area contributed by atoms with E-state index >= 15 is 0 Å². The first-order valence-corrected chi connectivity index (χ1v) is 6.28. The van der Waals surface area contributed by atoms with E-state index in [-0.39, 0.29) is 0 Å². The molecule has 0 unspecified atom stereocenters. The lowest BCUT2D eigenvalue weighted by Crippen LogP contribution is -2.22. The molecule has 0 bridgehead atoms. The number of alkyl halides is 6. The molecule has 1 rings (SSSR count). The summed E-state index contributed by atoms with van der Waals surface area (Å²) in [5.74, 6) is -8.04. The molecule has 0 saturated heterocycles. The van der Waals surface area contributed by atoms with Crippen LogP contribution in [-0.4, -0.2) is 20.1 Å². The smallest absolute Gasteiger partial charge is 0.422 e. The number of benzene rings is 1. The van der Waals surface area contributed by atoms with Crippen molar-refractivity contribution in [2.24, 2.45) is 0 Å². The minimum atomic E-state index is -6.17. The molecule has 0 amide bonds. The Morgan fingerprint density at radius 3 is 1.59 bits per heavy atom. The molecule has 13 heteroatoms. The molecule has 0 saturated carbocycles. The maximum atomic E-state index is 13.7. The van der Waals surface area contributed by atoms with Gasteiger partial charge >= 0.3 is 12.4 Å². The molecule has 0 radical (unpaired) electrons. The van der Waals surface area contributed by atoms with E-state index < -0.39 is 55.9 Å². The first-order valence-electron chi connectivity index (χ1n) is 4.84. The number of methoxy groups -OCH3 is 1. The normalized spacial score (nSPS) is 13.4. The molecule has 1 aromatic rings. The highest BCUT2D eigenvalue weighted by molar-refractivity contribution is 7.85. The van der Waals surface area contributed by atoms with Gasteiger partial charge in [-0.05, 0) is 0 Å². The van der Waals surface area contributed by atoms with Crippen molar-refractivity contribution >= 4 is 10.1 Å². The van der Waals surface area contributed by atoms with Gasteiger partial charge in [0.2, 0.25) is 0 Å². The second-order valence-electron chi connectivity index (χ2n) is 3.71. The van der Waals surface area contributed by atoms with Crippen molar-refractivity contribution in [3.05, 3.63) is 22.8 Å². The number of hydrogen-bond donors (Lipinski definition) is 1. The molecule has 0 atom stereocenters. The van der Waals surface area contributed by atoms with Gasteiger partial charge in [-0.15, -0.1) is 0 Å². The van der Waals surface area contributed by atoms with E-state index in [2.05, 4.69) is 4.74 Å². The standard InChI is InChI=1S/C9H4F8O4S/c1-21-6-2(8(12,13)14)5(11)7(22(18,19)20)3(4(6)10)9(15,16)17/h1H3,(H,18,19,20). The quantitative estimate of drug-likeness (QED) is 0.650. The summed E-state index contributed by atoms with van der Waals surface area (Å²) < 4.78 is 137. The molecule has 126 valence electrons. The number of halogens is 8. The molecular formula is C9H4F8O4S. The SMILES string of the molecule is COc1c(F)c(C(F)(F)F)c(S(=O)(=O)O)c(F)c1C(F)(F)F. The van der Waals surface area contributed by atoms with Crippen molar-refractivity contribution in [1.82, 2.24) is 0 Å². The van der Waals surface area contributed by atoms with Gasteiger partial charge in [0.1, 0.15) is 16.0 Å². The van der Waals surface area contributed by atoms with E-state index in [1.54, 1.807) is 0 Å². The first kappa shape index (κ1) is 18.4. The minimum Gasteiger partial charge on any atom is -0.493 e. The average molecular weight is 360 g/mol. The van der Waals surface area contributed by atoms with Crippen molar-refractivity contribution in [1.29, 1.82) is 0 Å². The predicted molar refractivity (Wildman–Crippen MR) is 52.7 cm³/mol. The van der Waals surface area contributed by atoms with Crippen LogP contribution in [0.5, 0.6) is 5.75 Å². The number of rotatable bonds is 2. The molecule has 0 heterocycles.